The summed E-state index contributed by atoms with van der Waals surface area (Å²) in [5, 5.41) is 3.48. The van der Waals surface area contributed by atoms with Crippen LogP contribution in [0.15, 0.2) is 0 Å². The van der Waals surface area contributed by atoms with Crippen LogP contribution in [0.2, 0.25) is 0 Å². The molecule has 3 heterocycles. The highest BCUT2D eigenvalue weighted by molar-refractivity contribution is 4.89. The van der Waals surface area contributed by atoms with Crippen molar-refractivity contribution in [2.24, 2.45) is 5.92 Å². The Labute approximate surface area is 118 Å². The Bertz CT molecular complexity index is 275. The Morgan fingerprint density at radius 3 is 2.74 bits per heavy atom. The van der Waals surface area contributed by atoms with E-state index in [4.69, 9.17) is 0 Å². The molecule has 19 heavy (non-hydrogen) atoms. The standard InChI is InChI=1S/C16H31N3/c1-14-12-19-10-3-2-4-16(19)13-18(14)11-7-15-5-8-17-9-6-15/h14-17H,2-13H2,1H3. The summed E-state index contributed by atoms with van der Waals surface area (Å²) in [6, 6.07) is 1.65. The van der Waals surface area contributed by atoms with E-state index in [1.807, 2.05) is 0 Å². The van der Waals surface area contributed by atoms with E-state index in [2.05, 4.69) is 22.0 Å². The van der Waals surface area contributed by atoms with Gasteiger partial charge in [0.25, 0.3) is 0 Å². The Morgan fingerprint density at radius 2 is 1.89 bits per heavy atom. The summed E-state index contributed by atoms with van der Waals surface area (Å²) in [5.74, 6) is 0.984. The van der Waals surface area contributed by atoms with Crippen LogP contribution in [0.1, 0.15) is 45.4 Å². The first-order valence-electron chi connectivity index (χ1n) is 8.52. The number of nitrogens with one attached hydrogen (secondary N) is 1. The van der Waals surface area contributed by atoms with E-state index in [0.29, 0.717) is 0 Å². The molecule has 3 aliphatic rings. The fourth-order valence-electron chi connectivity index (χ4n) is 4.24. The quantitative estimate of drug-likeness (QED) is 0.841. The van der Waals surface area contributed by atoms with Gasteiger partial charge in [-0.2, -0.15) is 0 Å². The molecule has 0 aromatic heterocycles. The van der Waals surface area contributed by atoms with Gasteiger partial charge in [0.2, 0.25) is 0 Å². The monoisotopic (exact) mass is 265 g/mol. The largest absolute Gasteiger partial charge is 0.317 e. The zero-order valence-electron chi connectivity index (χ0n) is 12.6. The van der Waals surface area contributed by atoms with Gasteiger partial charge in [-0.15, -0.1) is 0 Å². The van der Waals surface area contributed by atoms with Crippen LogP contribution in [0.5, 0.6) is 0 Å². The molecule has 3 aliphatic heterocycles. The Kier molecular flexibility index (Phi) is 4.78. The average Bonchev–Trinajstić information content (AvgIpc) is 2.46. The van der Waals surface area contributed by atoms with Crippen LogP contribution in [0.4, 0.5) is 0 Å². The highest BCUT2D eigenvalue weighted by atomic mass is 15.3. The average molecular weight is 265 g/mol. The van der Waals surface area contributed by atoms with E-state index in [-0.39, 0.29) is 0 Å². The first-order valence-corrected chi connectivity index (χ1v) is 8.52. The molecule has 0 aromatic rings. The number of hydrogen-bond donors (Lipinski definition) is 1. The Morgan fingerprint density at radius 1 is 1.05 bits per heavy atom. The molecule has 3 fully saturated rings. The summed E-state index contributed by atoms with van der Waals surface area (Å²) in [4.78, 5) is 5.55. The summed E-state index contributed by atoms with van der Waals surface area (Å²) in [5.41, 5.74) is 0. The second kappa shape index (κ2) is 6.55. The molecular weight excluding hydrogens is 234 g/mol. The van der Waals surface area contributed by atoms with Gasteiger partial charge in [0.15, 0.2) is 0 Å². The van der Waals surface area contributed by atoms with E-state index in [9.17, 15) is 0 Å². The highest BCUT2D eigenvalue weighted by Gasteiger charge is 2.32. The molecular formula is C16H31N3. The van der Waals surface area contributed by atoms with Gasteiger partial charge in [-0.25, -0.2) is 0 Å². The fraction of sp³-hybridized carbons (Fsp3) is 1.00. The second-order valence-electron chi connectivity index (χ2n) is 6.97. The molecule has 110 valence electrons. The van der Waals surface area contributed by atoms with Crippen LogP contribution < -0.4 is 5.32 Å². The molecule has 3 heteroatoms. The van der Waals surface area contributed by atoms with Crippen LogP contribution in [0.25, 0.3) is 0 Å². The third-order valence-corrected chi connectivity index (χ3v) is 5.60. The third-order valence-electron chi connectivity index (χ3n) is 5.60. The minimum absolute atomic E-state index is 0.774. The Hall–Kier alpha value is -0.120. The van der Waals surface area contributed by atoms with Gasteiger partial charge in [-0.05, 0) is 71.1 Å². The summed E-state index contributed by atoms with van der Waals surface area (Å²) in [7, 11) is 0. The van der Waals surface area contributed by atoms with Crippen molar-refractivity contribution in [1.82, 2.24) is 15.1 Å². The molecule has 0 radical (unpaired) electrons. The van der Waals surface area contributed by atoms with Gasteiger partial charge in [0.05, 0.1) is 0 Å². The third kappa shape index (κ3) is 3.50. The molecule has 3 nitrogen and oxygen atoms in total. The van der Waals surface area contributed by atoms with Crippen LogP contribution in [-0.4, -0.2) is 61.2 Å². The Balaban J connectivity index is 1.47. The second-order valence-corrected chi connectivity index (χ2v) is 6.97. The lowest BCUT2D eigenvalue weighted by molar-refractivity contribution is 0.0122. The molecule has 2 unspecified atom stereocenters. The van der Waals surface area contributed by atoms with Crippen molar-refractivity contribution in [3.63, 3.8) is 0 Å². The van der Waals surface area contributed by atoms with Crippen LogP contribution in [-0.2, 0) is 0 Å². The minimum Gasteiger partial charge on any atom is -0.317 e. The molecule has 0 saturated carbocycles. The fourth-order valence-corrected chi connectivity index (χ4v) is 4.24. The van der Waals surface area contributed by atoms with Crippen molar-refractivity contribution in [3.05, 3.63) is 0 Å². The van der Waals surface area contributed by atoms with Crippen molar-refractivity contribution < 1.29 is 0 Å². The zero-order valence-corrected chi connectivity index (χ0v) is 12.6. The molecule has 0 aliphatic carbocycles. The highest BCUT2D eigenvalue weighted by Crippen LogP contribution is 2.25. The van der Waals surface area contributed by atoms with E-state index < -0.39 is 0 Å². The maximum atomic E-state index is 3.48. The van der Waals surface area contributed by atoms with Gasteiger partial charge < -0.3 is 5.32 Å². The molecule has 0 amide bonds. The predicted molar refractivity (Wildman–Crippen MR) is 80.5 cm³/mol. The molecule has 3 rings (SSSR count). The topological polar surface area (TPSA) is 18.5 Å². The van der Waals surface area contributed by atoms with Crippen LogP contribution in [0.3, 0.4) is 0 Å². The maximum absolute atomic E-state index is 3.48. The number of piperidine rings is 2. The van der Waals surface area contributed by atoms with Crippen molar-refractivity contribution in [3.8, 4) is 0 Å². The van der Waals surface area contributed by atoms with E-state index in [1.54, 1.807) is 0 Å². The van der Waals surface area contributed by atoms with Crippen molar-refractivity contribution in [2.75, 3.05) is 39.3 Å². The van der Waals surface area contributed by atoms with Crippen LogP contribution in [0, 0.1) is 5.92 Å². The summed E-state index contributed by atoms with van der Waals surface area (Å²) in [6.45, 7) is 10.3. The van der Waals surface area contributed by atoms with E-state index >= 15 is 0 Å². The number of piperazine rings is 1. The number of fused-ring (bicyclic) bond motifs is 1. The predicted octanol–water partition coefficient (Wildman–Crippen LogP) is 1.93. The summed E-state index contributed by atoms with van der Waals surface area (Å²) in [6.07, 6.45) is 8.56. The van der Waals surface area contributed by atoms with Gasteiger partial charge in [-0.3, -0.25) is 9.80 Å². The van der Waals surface area contributed by atoms with Gasteiger partial charge in [0, 0.05) is 25.2 Å². The van der Waals surface area contributed by atoms with E-state index in [1.165, 1.54) is 77.8 Å². The van der Waals surface area contributed by atoms with Crippen molar-refractivity contribution >= 4 is 0 Å². The molecule has 0 spiro atoms. The molecule has 2 atom stereocenters. The molecule has 1 N–H and O–H groups in total. The van der Waals surface area contributed by atoms with Crippen LogP contribution >= 0.6 is 0 Å². The molecule has 0 aromatic carbocycles. The lowest BCUT2D eigenvalue weighted by atomic mass is 9.93. The van der Waals surface area contributed by atoms with Gasteiger partial charge in [0.1, 0.15) is 0 Å². The normalized spacial score (nSPS) is 35.2. The lowest BCUT2D eigenvalue weighted by Crippen LogP contribution is -2.58. The van der Waals surface area contributed by atoms with E-state index in [0.717, 1.165) is 18.0 Å². The number of nitrogens with zero attached hydrogens (tertiary/aromatic N) is 2. The molecule has 0 bridgehead atoms. The molecule has 3 saturated heterocycles. The van der Waals surface area contributed by atoms with Gasteiger partial charge >= 0.3 is 0 Å². The summed E-state index contributed by atoms with van der Waals surface area (Å²) < 4.78 is 0. The van der Waals surface area contributed by atoms with Gasteiger partial charge in [-0.1, -0.05) is 6.42 Å². The summed E-state index contributed by atoms with van der Waals surface area (Å²) >= 11 is 0. The SMILES string of the molecule is CC1CN2CCCCC2CN1CCC1CCNCC1. The van der Waals surface area contributed by atoms with Crippen molar-refractivity contribution in [2.45, 2.75) is 57.5 Å². The zero-order chi connectivity index (χ0) is 13.1. The first-order chi connectivity index (χ1) is 9.33. The number of rotatable bonds is 3. The maximum Gasteiger partial charge on any atom is 0.0223 e. The lowest BCUT2D eigenvalue weighted by Gasteiger charge is -2.48. The van der Waals surface area contributed by atoms with Crippen molar-refractivity contribution in [1.29, 1.82) is 0 Å². The first kappa shape index (κ1) is 13.8. The number of hydrogen-bond acceptors (Lipinski definition) is 3. The smallest absolute Gasteiger partial charge is 0.0223 e. The minimum atomic E-state index is 0.774.